The predicted molar refractivity (Wildman–Crippen MR) is 111 cm³/mol. The third-order valence-electron chi connectivity index (χ3n) is 8.00. The van der Waals surface area contributed by atoms with Crippen molar-refractivity contribution in [3.05, 3.63) is 23.3 Å². The quantitative estimate of drug-likeness (QED) is 0.710. The second kappa shape index (κ2) is 6.71. The standard InChI is InChI=1S/C24H33NO4/c1-4-5-12-28-24-11-10-18(27)22-23(24,2)20-16(8-9-17(26)21(20)29-22)13-19(24)25(3)14-15-6-7-15/h8-9,15,19,22,26H,4-7,10-14H2,1-3H3/t19-,22+,23?,24-/m1/s1. The van der Waals surface area contributed by atoms with E-state index in [1.165, 1.54) is 18.4 Å². The zero-order chi connectivity index (χ0) is 20.4. The number of unbranched alkanes of at least 4 members (excludes halogenated alkanes) is 1. The SMILES string of the molecule is CCCCO[C@@]12CCC(=O)[C@@H]3Oc4c(O)ccc(c4C31C)C[C@H]2N(C)CC1CC1. The zero-order valence-electron chi connectivity index (χ0n) is 17.9. The van der Waals surface area contributed by atoms with Crippen molar-refractivity contribution in [1.82, 2.24) is 4.90 Å². The molecule has 0 spiro atoms. The Morgan fingerprint density at radius 1 is 1.34 bits per heavy atom. The van der Waals surface area contributed by atoms with Crippen LogP contribution >= 0.6 is 0 Å². The van der Waals surface area contributed by atoms with Crippen LogP contribution in [0.3, 0.4) is 0 Å². The lowest BCUT2D eigenvalue weighted by atomic mass is 9.52. The highest BCUT2D eigenvalue weighted by Crippen LogP contribution is 2.62. The van der Waals surface area contributed by atoms with Crippen molar-refractivity contribution >= 4 is 5.78 Å². The maximum atomic E-state index is 13.0. The van der Waals surface area contributed by atoms with Gasteiger partial charge in [-0.1, -0.05) is 19.4 Å². The largest absolute Gasteiger partial charge is 0.504 e. The van der Waals surface area contributed by atoms with Gasteiger partial charge < -0.3 is 14.6 Å². The molecule has 29 heavy (non-hydrogen) atoms. The topological polar surface area (TPSA) is 59.0 Å². The number of ketones is 1. The van der Waals surface area contributed by atoms with Crippen LogP contribution in [0, 0.1) is 5.92 Å². The van der Waals surface area contributed by atoms with Crippen LogP contribution in [0.2, 0.25) is 0 Å². The molecule has 4 aliphatic rings. The van der Waals surface area contributed by atoms with Crippen molar-refractivity contribution in [1.29, 1.82) is 0 Å². The number of carbonyl (C=O) groups is 1. The summed E-state index contributed by atoms with van der Waals surface area (Å²) in [5.74, 6) is 1.57. The Kier molecular flexibility index (Phi) is 4.48. The van der Waals surface area contributed by atoms with Crippen molar-refractivity contribution in [3.8, 4) is 11.5 Å². The molecule has 3 aliphatic carbocycles. The summed E-state index contributed by atoms with van der Waals surface area (Å²) in [5.41, 5.74) is 1.17. The number of Topliss-reactive ketones (excluding diaryl/α,β-unsaturated/α-hetero) is 1. The molecule has 2 fully saturated rings. The van der Waals surface area contributed by atoms with Gasteiger partial charge in [-0.2, -0.15) is 0 Å². The van der Waals surface area contributed by atoms with Crippen LogP contribution < -0.4 is 4.74 Å². The zero-order valence-corrected chi connectivity index (χ0v) is 17.9. The molecule has 5 nitrogen and oxygen atoms in total. The van der Waals surface area contributed by atoms with Crippen LogP contribution in [0.1, 0.15) is 63.5 Å². The van der Waals surface area contributed by atoms with Crippen molar-refractivity contribution in [2.75, 3.05) is 20.2 Å². The van der Waals surface area contributed by atoms with E-state index < -0.39 is 17.1 Å². The molecule has 4 atom stereocenters. The van der Waals surface area contributed by atoms with E-state index in [-0.39, 0.29) is 17.6 Å². The van der Waals surface area contributed by atoms with Gasteiger partial charge in [-0.25, -0.2) is 0 Å². The summed E-state index contributed by atoms with van der Waals surface area (Å²) in [6.07, 6.45) is 6.22. The van der Waals surface area contributed by atoms with Gasteiger partial charge in [-0.15, -0.1) is 0 Å². The van der Waals surface area contributed by atoms with E-state index in [4.69, 9.17) is 9.47 Å². The summed E-state index contributed by atoms with van der Waals surface area (Å²) in [5, 5.41) is 10.5. The highest BCUT2D eigenvalue weighted by atomic mass is 16.5. The van der Waals surface area contributed by atoms with Crippen LogP contribution in [0.5, 0.6) is 11.5 Å². The number of hydrogen-bond acceptors (Lipinski definition) is 5. The molecule has 158 valence electrons. The van der Waals surface area contributed by atoms with Crippen molar-refractivity contribution < 1.29 is 19.4 Å². The molecule has 5 heteroatoms. The predicted octanol–water partition coefficient (Wildman–Crippen LogP) is 3.60. The van der Waals surface area contributed by atoms with Crippen LogP contribution in [-0.4, -0.2) is 53.7 Å². The smallest absolute Gasteiger partial charge is 0.174 e. The second-order valence-corrected chi connectivity index (χ2v) is 9.81. The summed E-state index contributed by atoms with van der Waals surface area (Å²) >= 11 is 0. The van der Waals surface area contributed by atoms with Crippen LogP contribution in [-0.2, 0) is 21.4 Å². The second-order valence-electron chi connectivity index (χ2n) is 9.81. The average Bonchev–Trinajstić information content (AvgIpc) is 3.44. The van der Waals surface area contributed by atoms with Gasteiger partial charge in [0.25, 0.3) is 0 Å². The van der Waals surface area contributed by atoms with E-state index in [1.807, 2.05) is 6.07 Å². The van der Waals surface area contributed by atoms with E-state index in [0.29, 0.717) is 18.8 Å². The third-order valence-corrected chi connectivity index (χ3v) is 8.00. The minimum Gasteiger partial charge on any atom is -0.504 e. The van der Waals surface area contributed by atoms with E-state index in [0.717, 1.165) is 43.7 Å². The van der Waals surface area contributed by atoms with Gasteiger partial charge in [0.15, 0.2) is 23.4 Å². The first-order valence-corrected chi connectivity index (χ1v) is 11.3. The minimum atomic E-state index is -0.572. The van der Waals surface area contributed by atoms with Crippen LogP contribution in [0.4, 0.5) is 0 Å². The Balaban J connectivity index is 1.66. The highest BCUT2D eigenvalue weighted by molar-refractivity contribution is 5.89. The van der Waals surface area contributed by atoms with Gasteiger partial charge in [-0.05, 0) is 63.6 Å². The Morgan fingerprint density at radius 3 is 2.86 bits per heavy atom. The molecule has 0 amide bonds. The fourth-order valence-electron chi connectivity index (χ4n) is 6.31. The first-order valence-electron chi connectivity index (χ1n) is 11.3. The number of ether oxygens (including phenoxy) is 2. The summed E-state index contributed by atoms with van der Waals surface area (Å²) < 4.78 is 13.0. The van der Waals surface area contributed by atoms with Gasteiger partial charge in [0.1, 0.15) is 0 Å². The molecular formula is C24H33NO4. The number of benzene rings is 1. The van der Waals surface area contributed by atoms with E-state index >= 15 is 0 Å². The van der Waals surface area contributed by atoms with Crippen molar-refractivity contribution in [2.24, 2.45) is 5.92 Å². The Hall–Kier alpha value is -1.59. The first-order chi connectivity index (χ1) is 13.9. The van der Waals surface area contributed by atoms with Gasteiger partial charge in [0.05, 0.1) is 11.0 Å². The molecule has 0 saturated heterocycles. The lowest BCUT2D eigenvalue weighted by Gasteiger charge is -2.59. The van der Waals surface area contributed by atoms with Crippen LogP contribution in [0.15, 0.2) is 12.1 Å². The van der Waals surface area contributed by atoms with Gasteiger partial charge in [0.2, 0.25) is 0 Å². The molecule has 2 saturated carbocycles. The van der Waals surface area contributed by atoms with E-state index in [9.17, 15) is 9.90 Å². The Bertz CT molecular complexity index is 834. The average molecular weight is 400 g/mol. The minimum absolute atomic E-state index is 0.134. The molecule has 0 bridgehead atoms. The number of hydrogen-bond donors (Lipinski definition) is 1. The maximum absolute atomic E-state index is 13.0. The number of aromatic hydroxyl groups is 1. The number of rotatable bonds is 7. The van der Waals surface area contributed by atoms with Gasteiger partial charge >= 0.3 is 0 Å². The molecule has 1 N–H and O–H groups in total. The molecule has 1 aromatic rings. The maximum Gasteiger partial charge on any atom is 0.174 e. The van der Waals surface area contributed by atoms with Gasteiger partial charge in [-0.3, -0.25) is 9.69 Å². The number of carbonyl (C=O) groups excluding carboxylic acids is 1. The van der Waals surface area contributed by atoms with Crippen molar-refractivity contribution in [3.63, 3.8) is 0 Å². The molecule has 0 aromatic heterocycles. The van der Waals surface area contributed by atoms with Crippen LogP contribution in [0.25, 0.3) is 0 Å². The molecule has 1 unspecified atom stereocenters. The monoisotopic (exact) mass is 399 g/mol. The number of phenols is 1. The molecule has 5 rings (SSSR count). The number of nitrogens with zero attached hydrogens (tertiary/aromatic N) is 1. The molecule has 0 radical (unpaired) electrons. The Morgan fingerprint density at radius 2 is 2.14 bits per heavy atom. The summed E-state index contributed by atoms with van der Waals surface area (Å²) in [7, 11) is 2.23. The summed E-state index contributed by atoms with van der Waals surface area (Å²) in [4.78, 5) is 15.5. The van der Waals surface area contributed by atoms with Gasteiger partial charge in [0, 0.05) is 31.2 Å². The Labute approximate surface area is 173 Å². The molecule has 1 aliphatic heterocycles. The normalized spacial score (nSPS) is 35.0. The van der Waals surface area contributed by atoms with E-state index in [2.05, 4.69) is 25.8 Å². The molecule has 1 heterocycles. The first kappa shape index (κ1) is 19.4. The fourth-order valence-corrected chi connectivity index (χ4v) is 6.31. The number of likely N-dealkylation sites (N-methyl/N-ethyl adjacent to an activating group) is 1. The fraction of sp³-hybridized carbons (Fsp3) is 0.708. The highest BCUT2D eigenvalue weighted by Gasteiger charge is 2.70. The lowest BCUT2D eigenvalue weighted by molar-refractivity contribution is -0.188. The molecular weight excluding hydrogens is 366 g/mol. The molecule has 1 aromatic carbocycles. The lowest BCUT2D eigenvalue weighted by Crippen LogP contribution is -2.72. The van der Waals surface area contributed by atoms with Crippen molar-refractivity contribution in [2.45, 2.75) is 82.0 Å². The third kappa shape index (κ3) is 2.63. The van der Waals surface area contributed by atoms with E-state index in [1.54, 1.807) is 6.07 Å². The summed E-state index contributed by atoms with van der Waals surface area (Å²) in [6.45, 7) is 6.12. The summed E-state index contributed by atoms with van der Waals surface area (Å²) in [6, 6.07) is 3.95. The number of phenolic OH excluding ortho intramolecular Hbond substituents is 1.